The van der Waals surface area contributed by atoms with Crippen LogP contribution in [0.5, 0.6) is 0 Å². The molecule has 1 aromatic rings. The lowest BCUT2D eigenvalue weighted by molar-refractivity contribution is 0.0440. The summed E-state index contributed by atoms with van der Waals surface area (Å²) < 4.78 is 5.95. The van der Waals surface area contributed by atoms with Crippen molar-refractivity contribution in [2.45, 2.75) is 45.3 Å². The van der Waals surface area contributed by atoms with Gasteiger partial charge in [0.25, 0.3) is 0 Å². The molecule has 1 heterocycles. The Morgan fingerprint density at radius 1 is 1.40 bits per heavy atom. The highest BCUT2D eigenvalue weighted by molar-refractivity contribution is 5.55. The summed E-state index contributed by atoms with van der Waals surface area (Å²) in [4.78, 5) is 2.49. The van der Waals surface area contributed by atoms with Crippen molar-refractivity contribution >= 4 is 5.69 Å². The van der Waals surface area contributed by atoms with Gasteiger partial charge in [-0.3, -0.25) is 0 Å². The van der Waals surface area contributed by atoms with Gasteiger partial charge >= 0.3 is 0 Å². The van der Waals surface area contributed by atoms with Crippen LogP contribution in [-0.2, 0) is 4.74 Å². The zero-order valence-corrected chi connectivity index (χ0v) is 13.1. The number of nitrogens with zero attached hydrogens (tertiary/aromatic N) is 1. The standard InChI is InChI=1S/C17H28N2O/c1-4-12-20-15-8-7-11-19(13-15)17-10-6-5-9-16(17)14(2)18-3/h5-6,9-10,14-15,18H,4,7-8,11-13H2,1-3H3. The quantitative estimate of drug-likeness (QED) is 0.862. The first kappa shape index (κ1) is 15.3. The SMILES string of the molecule is CCCOC1CCCN(c2ccccc2C(C)NC)C1. The molecule has 1 fully saturated rings. The van der Waals surface area contributed by atoms with Crippen LogP contribution >= 0.6 is 0 Å². The number of hydrogen-bond acceptors (Lipinski definition) is 3. The molecule has 1 N–H and O–H groups in total. The monoisotopic (exact) mass is 276 g/mol. The third-order valence-corrected chi connectivity index (χ3v) is 4.11. The van der Waals surface area contributed by atoms with Crippen molar-refractivity contribution in [2.75, 3.05) is 31.6 Å². The Kier molecular flexibility index (Phi) is 5.86. The molecule has 0 aromatic heterocycles. The highest BCUT2D eigenvalue weighted by atomic mass is 16.5. The Labute approximate surface area is 123 Å². The zero-order valence-electron chi connectivity index (χ0n) is 13.1. The van der Waals surface area contributed by atoms with Gasteiger partial charge in [0.05, 0.1) is 6.10 Å². The Morgan fingerprint density at radius 3 is 2.95 bits per heavy atom. The summed E-state index contributed by atoms with van der Waals surface area (Å²) in [6.45, 7) is 7.43. The number of ether oxygens (including phenoxy) is 1. The van der Waals surface area contributed by atoms with Gasteiger partial charge < -0.3 is 15.0 Å². The fourth-order valence-electron chi connectivity index (χ4n) is 2.87. The molecule has 0 amide bonds. The fraction of sp³-hybridized carbons (Fsp3) is 0.647. The van der Waals surface area contributed by atoms with E-state index in [-0.39, 0.29) is 0 Å². The van der Waals surface area contributed by atoms with Gasteiger partial charge in [0, 0.05) is 31.4 Å². The molecule has 1 aromatic carbocycles. The third kappa shape index (κ3) is 3.74. The van der Waals surface area contributed by atoms with Gasteiger partial charge in [-0.2, -0.15) is 0 Å². The average Bonchev–Trinajstić information content (AvgIpc) is 2.52. The summed E-state index contributed by atoms with van der Waals surface area (Å²) in [7, 11) is 2.02. The van der Waals surface area contributed by atoms with Crippen molar-refractivity contribution in [2.24, 2.45) is 0 Å². The number of benzene rings is 1. The summed E-state index contributed by atoms with van der Waals surface area (Å²) >= 11 is 0. The molecule has 0 radical (unpaired) electrons. The van der Waals surface area contributed by atoms with E-state index in [2.05, 4.69) is 48.3 Å². The maximum atomic E-state index is 5.95. The lowest BCUT2D eigenvalue weighted by atomic mass is 10.0. The van der Waals surface area contributed by atoms with E-state index in [0.717, 1.165) is 26.1 Å². The van der Waals surface area contributed by atoms with E-state index in [1.54, 1.807) is 0 Å². The summed E-state index contributed by atoms with van der Waals surface area (Å²) in [5.41, 5.74) is 2.74. The molecule has 0 spiro atoms. The molecule has 0 saturated carbocycles. The molecule has 1 aliphatic rings. The molecule has 20 heavy (non-hydrogen) atoms. The van der Waals surface area contributed by atoms with Crippen molar-refractivity contribution in [3.05, 3.63) is 29.8 Å². The number of para-hydroxylation sites is 1. The van der Waals surface area contributed by atoms with Crippen LogP contribution in [0, 0.1) is 0 Å². The van der Waals surface area contributed by atoms with Crippen molar-refractivity contribution in [3.8, 4) is 0 Å². The molecular weight excluding hydrogens is 248 g/mol. The predicted octanol–water partition coefficient (Wildman–Crippen LogP) is 3.36. The summed E-state index contributed by atoms with van der Waals surface area (Å²) in [6.07, 6.45) is 3.91. The number of hydrogen-bond donors (Lipinski definition) is 1. The van der Waals surface area contributed by atoms with Crippen LogP contribution in [0.2, 0.25) is 0 Å². The van der Waals surface area contributed by atoms with Gasteiger partial charge in [0.1, 0.15) is 0 Å². The van der Waals surface area contributed by atoms with Crippen molar-refractivity contribution in [3.63, 3.8) is 0 Å². The van der Waals surface area contributed by atoms with E-state index in [0.29, 0.717) is 12.1 Å². The Balaban J connectivity index is 2.10. The van der Waals surface area contributed by atoms with Crippen LogP contribution in [0.3, 0.4) is 0 Å². The first-order valence-electron chi connectivity index (χ1n) is 7.89. The Morgan fingerprint density at radius 2 is 2.20 bits per heavy atom. The third-order valence-electron chi connectivity index (χ3n) is 4.11. The molecule has 2 unspecified atom stereocenters. The predicted molar refractivity (Wildman–Crippen MR) is 85.4 cm³/mol. The minimum absolute atomic E-state index is 0.378. The molecule has 3 heteroatoms. The molecular formula is C17H28N2O. The summed E-state index contributed by atoms with van der Waals surface area (Å²) in [5, 5.41) is 3.35. The lowest BCUT2D eigenvalue weighted by Crippen LogP contribution is -2.40. The van der Waals surface area contributed by atoms with Crippen molar-refractivity contribution < 1.29 is 4.74 Å². The highest BCUT2D eigenvalue weighted by Crippen LogP contribution is 2.29. The normalized spacial score (nSPS) is 20.9. The van der Waals surface area contributed by atoms with Gasteiger partial charge in [-0.15, -0.1) is 0 Å². The number of anilines is 1. The van der Waals surface area contributed by atoms with Crippen LogP contribution < -0.4 is 10.2 Å². The van der Waals surface area contributed by atoms with E-state index >= 15 is 0 Å². The van der Waals surface area contributed by atoms with Gasteiger partial charge in [-0.25, -0.2) is 0 Å². The van der Waals surface area contributed by atoms with Crippen LogP contribution in [0.1, 0.15) is 44.7 Å². The van der Waals surface area contributed by atoms with Crippen LogP contribution in [0.15, 0.2) is 24.3 Å². The van der Waals surface area contributed by atoms with Gasteiger partial charge in [0.15, 0.2) is 0 Å². The fourth-order valence-corrected chi connectivity index (χ4v) is 2.87. The molecule has 1 aliphatic heterocycles. The maximum Gasteiger partial charge on any atom is 0.0750 e. The Bertz CT molecular complexity index is 408. The molecule has 1 saturated heterocycles. The first-order chi connectivity index (χ1) is 9.76. The molecule has 3 nitrogen and oxygen atoms in total. The molecule has 112 valence electrons. The second-order valence-corrected chi connectivity index (χ2v) is 5.65. The van der Waals surface area contributed by atoms with Gasteiger partial charge in [0.2, 0.25) is 0 Å². The minimum Gasteiger partial charge on any atom is -0.376 e. The van der Waals surface area contributed by atoms with E-state index in [1.165, 1.54) is 24.1 Å². The average molecular weight is 276 g/mol. The van der Waals surface area contributed by atoms with E-state index in [4.69, 9.17) is 4.74 Å². The largest absolute Gasteiger partial charge is 0.376 e. The second kappa shape index (κ2) is 7.65. The first-order valence-corrected chi connectivity index (χ1v) is 7.89. The minimum atomic E-state index is 0.378. The molecule has 0 aliphatic carbocycles. The van der Waals surface area contributed by atoms with E-state index in [9.17, 15) is 0 Å². The van der Waals surface area contributed by atoms with Crippen molar-refractivity contribution in [1.29, 1.82) is 0 Å². The Hall–Kier alpha value is -1.06. The number of piperidine rings is 1. The van der Waals surface area contributed by atoms with E-state index < -0.39 is 0 Å². The topological polar surface area (TPSA) is 24.5 Å². The number of nitrogens with one attached hydrogen (secondary N) is 1. The summed E-state index contributed by atoms with van der Waals surface area (Å²) in [6, 6.07) is 9.11. The van der Waals surface area contributed by atoms with Crippen LogP contribution in [-0.4, -0.2) is 32.8 Å². The maximum absolute atomic E-state index is 5.95. The molecule has 2 atom stereocenters. The highest BCUT2D eigenvalue weighted by Gasteiger charge is 2.22. The second-order valence-electron chi connectivity index (χ2n) is 5.65. The van der Waals surface area contributed by atoms with Crippen LogP contribution in [0.25, 0.3) is 0 Å². The molecule has 2 rings (SSSR count). The smallest absolute Gasteiger partial charge is 0.0750 e. The zero-order chi connectivity index (χ0) is 14.4. The van der Waals surface area contributed by atoms with Crippen LogP contribution in [0.4, 0.5) is 5.69 Å². The van der Waals surface area contributed by atoms with Gasteiger partial charge in [-0.1, -0.05) is 25.1 Å². The van der Waals surface area contributed by atoms with Crippen molar-refractivity contribution in [1.82, 2.24) is 5.32 Å². The number of rotatable bonds is 6. The molecule has 0 bridgehead atoms. The van der Waals surface area contributed by atoms with Gasteiger partial charge in [-0.05, 0) is 44.9 Å². The van der Waals surface area contributed by atoms with E-state index in [1.807, 2.05) is 7.05 Å². The summed E-state index contributed by atoms with van der Waals surface area (Å²) in [5.74, 6) is 0. The lowest BCUT2D eigenvalue weighted by Gasteiger charge is -2.36.